The normalized spacial score (nSPS) is 10.4. The van der Waals surface area contributed by atoms with Crippen LogP contribution in [-0.4, -0.2) is 16.9 Å². The number of urea groups is 1. The van der Waals surface area contributed by atoms with Crippen LogP contribution < -0.4 is 16.0 Å². The van der Waals surface area contributed by atoms with Crippen LogP contribution in [-0.2, 0) is 17.8 Å². The molecule has 0 atom stereocenters. The van der Waals surface area contributed by atoms with E-state index in [1.54, 1.807) is 42.7 Å². The monoisotopic (exact) mass is 404 g/mol. The summed E-state index contributed by atoms with van der Waals surface area (Å²) in [5.74, 6) is 0.613. The van der Waals surface area contributed by atoms with Crippen LogP contribution in [0.3, 0.4) is 0 Å². The van der Waals surface area contributed by atoms with E-state index in [0.717, 1.165) is 5.69 Å². The van der Waals surface area contributed by atoms with Crippen molar-refractivity contribution in [2.24, 2.45) is 0 Å². The second-order valence-corrected chi connectivity index (χ2v) is 6.88. The highest BCUT2D eigenvalue weighted by Gasteiger charge is 2.09. The van der Waals surface area contributed by atoms with E-state index in [2.05, 4.69) is 20.9 Å². The van der Waals surface area contributed by atoms with Gasteiger partial charge in [-0.2, -0.15) is 0 Å². The number of halogens is 1. The highest BCUT2D eigenvalue weighted by molar-refractivity contribution is 7.13. The van der Waals surface area contributed by atoms with Crippen LogP contribution >= 0.6 is 22.9 Å². The fourth-order valence-electron chi connectivity index (χ4n) is 2.23. The minimum Gasteiger partial charge on any atom is -0.467 e. The number of furan rings is 1. The summed E-state index contributed by atoms with van der Waals surface area (Å²) in [7, 11) is 0. The molecule has 9 heteroatoms. The summed E-state index contributed by atoms with van der Waals surface area (Å²) in [4.78, 5) is 28.2. The second kappa shape index (κ2) is 9.20. The summed E-state index contributed by atoms with van der Waals surface area (Å²) in [6, 6.07) is 10.0. The molecule has 3 aromatic rings. The number of carbonyl (C=O) groups excluding carboxylic acids is 2. The van der Waals surface area contributed by atoms with Crippen LogP contribution in [0.1, 0.15) is 17.9 Å². The molecule has 0 aliphatic rings. The third kappa shape index (κ3) is 6.12. The van der Waals surface area contributed by atoms with Gasteiger partial charge in [0.25, 0.3) is 0 Å². The van der Waals surface area contributed by atoms with Crippen molar-refractivity contribution in [1.29, 1.82) is 0 Å². The standard InChI is InChI=1S/C18H17ClN4O3S/c19-12-3-1-4-13(9-12)21-17(25)23-18-22-14(11-27-18)6-7-16(24)20-10-15-5-2-8-26-15/h1-5,8-9,11H,6-7,10H2,(H,20,24)(H2,21,22,23,25). The highest BCUT2D eigenvalue weighted by Crippen LogP contribution is 2.18. The molecule has 0 bridgehead atoms. The van der Waals surface area contributed by atoms with E-state index in [4.69, 9.17) is 16.0 Å². The lowest BCUT2D eigenvalue weighted by atomic mass is 10.2. The van der Waals surface area contributed by atoms with E-state index in [0.29, 0.717) is 41.0 Å². The van der Waals surface area contributed by atoms with E-state index in [1.165, 1.54) is 11.3 Å². The maximum atomic E-state index is 12.0. The molecule has 0 fully saturated rings. The lowest BCUT2D eigenvalue weighted by molar-refractivity contribution is -0.121. The van der Waals surface area contributed by atoms with Gasteiger partial charge in [-0.15, -0.1) is 11.3 Å². The molecule has 27 heavy (non-hydrogen) atoms. The van der Waals surface area contributed by atoms with Gasteiger partial charge in [0.2, 0.25) is 5.91 Å². The molecular weight excluding hydrogens is 388 g/mol. The molecule has 2 heterocycles. The Hall–Kier alpha value is -2.84. The van der Waals surface area contributed by atoms with Gasteiger partial charge in [0.05, 0.1) is 18.5 Å². The maximum Gasteiger partial charge on any atom is 0.325 e. The number of amides is 3. The van der Waals surface area contributed by atoms with E-state index >= 15 is 0 Å². The second-order valence-electron chi connectivity index (χ2n) is 5.59. The third-order valence-electron chi connectivity index (χ3n) is 3.50. The van der Waals surface area contributed by atoms with Crippen molar-refractivity contribution in [3.05, 3.63) is 64.5 Å². The first-order valence-corrected chi connectivity index (χ1v) is 9.41. The first-order valence-electron chi connectivity index (χ1n) is 8.15. The third-order valence-corrected chi connectivity index (χ3v) is 4.54. The molecule has 7 nitrogen and oxygen atoms in total. The number of nitrogens with one attached hydrogen (secondary N) is 3. The summed E-state index contributed by atoms with van der Waals surface area (Å²) < 4.78 is 5.16. The van der Waals surface area contributed by atoms with E-state index in [-0.39, 0.29) is 5.91 Å². The molecule has 3 N–H and O–H groups in total. The van der Waals surface area contributed by atoms with Crippen LogP contribution in [0.25, 0.3) is 0 Å². The number of aromatic nitrogens is 1. The molecule has 0 aliphatic heterocycles. The fraction of sp³-hybridized carbons (Fsp3) is 0.167. The first-order chi connectivity index (χ1) is 13.1. The van der Waals surface area contributed by atoms with Crippen molar-refractivity contribution in [1.82, 2.24) is 10.3 Å². The average molecular weight is 405 g/mol. The van der Waals surface area contributed by atoms with E-state index in [9.17, 15) is 9.59 Å². The van der Waals surface area contributed by atoms with Crippen molar-refractivity contribution < 1.29 is 14.0 Å². The Labute approximate surface area is 164 Å². The van der Waals surface area contributed by atoms with Gasteiger partial charge in [-0.25, -0.2) is 9.78 Å². The Bertz CT molecular complexity index is 911. The molecule has 0 spiro atoms. The minimum atomic E-state index is -0.408. The number of thiazole rings is 1. The van der Waals surface area contributed by atoms with Crippen molar-refractivity contribution in [2.75, 3.05) is 10.6 Å². The largest absolute Gasteiger partial charge is 0.467 e. The van der Waals surface area contributed by atoms with Crippen molar-refractivity contribution >= 4 is 45.7 Å². The van der Waals surface area contributed by atoms with Gasteiger partial charge in [0.15, 0.2) is 5.13 Å². The number of hydrogen-bond donors (Lipinski definition) is 3. The number of nitrogens with zero attached hydrogens (tertiary/aromatic N) is 1. The van der Waals surface area contributed by atoms with Crippen LogP contribution in [0.15, 0.2) is 52.5 Å². The number of rotatable bonds is 7. The average Bonchev–Trinajstić information content (AvgIpc) is 3.30. The number of anilines is 2. The van der Waals surface area contributed by atoms with E-state index in [1.807, 2.05) is 5.38 Å². The van der Waals surface area contributed by atoms with Crippen LogP contribution in [0.4, 0.5) is 15.6 Å². The molecule has 2 aromatic heterocycles. The Morgan fingerprint density at radius 1 is 1.19 bits per heavy atom. The van der Waals surface area contributed by atoms with Crippen molar-refractivity contribution in [3.8, 4) is 0 Å². The van der Waals surface area contributed by atoms with Gasteiger partial charge in [-0.3, -0.25) is 10.1 Å². The summed E-state index contributed by atoms with van der Waals surface area (Å²) in [5.41, 5.74) is 1.33. The van der Waals surface area contributed by atoms with Gasteiger partial charge in [0.1, 0.15) is 5.76 Å². The lowest BCUT2D eigenvalue weighted by Gasteiger charge is -2.05. The summed E-state index contributed by atoms with van der Waals surface area (Å²) in [5, 5.41) is 10.9. The fourth-order valence-corrected chi connectivity index (χ4v) is 3.16. The molecule has 3 amide bonds. The molecule has 1 aromatic carbocycles. The predicted molar refractivity (Wildman–Crippen MR) is 105 cm³/mol. The zero-order valence-corrected chi connectivity index (χ0v) is 15.8. The molecule has 0 unspecified atom stereocenters. The SMILES string of the molecule is O=C(CCc1csc(NC(=O)Nc2cccc(Cl)c2)n1)NCc1ccco1. The van der Waals surface area contributed by atoms with Crippen LogP contribution in [0, 0.1) is 0 Å². The van der Waals surface area contributed by atoms with Gasteiger partial charge in [0, 0.05) is 22.5 Å². The van der Waals surface area contributed by atoms with Crippen LogP contribution in [0.5, 0.6) is 0 Å². The summed E-state index contributed by atoms with van der Waals surface area (Å²) >= 11 is 7.18. The number of aryl methyl sites for hydroxylation is 1. The lowest BCUT2D eigenvalue weighted by Crippen LogP contribution is -2.22. The van der Waals surface area contributed by atoms with Gasteiger partial charge >= 0.3 is 6.03 Å². The Balaban J connectivity index is 1.42. The van der Waals surface area contributed by atoms with Gasteiger partial charge in [-0.05, 0) is 36.8 Å². The Kier molecular flexibility index (Phi) is 6.45. The number of carbonyl (C=O) groups is 2. The molecule has 0 saturated heterocycles. The summed E-state index contributed by atoms with van der Waals surface area (Å²) in [6.45, 7) is 0.360. The molecular formula is C18H17ClN4O3S. The van der Waals surface area contributed by atoms with E-state index < -0.39 is 6.03 Å². The smallest absolute Gasteiger partial charge is 0.325 e. The highest BCUT2D eigenvalue weighted by atomic mass is 35.5. The summed E-state index contributed by atoms with van der Waals surface area (Å²) in [6.07, 6.45) is 2.35. The van der Waals surface area contributed by atoms with Crippen molar-refractivity contribution in [2.45, 2.75) is 19.4 Å². The molecule has 0 aliphatic carbocycles. The molecule has 140 valence electrons. The zero-order valence-electron chi connectivity index (χ0n) is 14.2. The number of benzene rings is 1. The van der Waals surface area contributed by atoms with Crippen molar-refractivity contribution in [3.63, 3.8) is 0 Å². The minimum absolute atomic E-state index is 0.0902. The zero-order chi connectivity index (χ0) is 19.1. The molecule has 3 rings (SSSR count). The quantitative estimate of drug-likeness (QED) is 0.547. The van der Waals surface area contributed by atoms with Gasteiger partial charge in [-0.1, -0.05) is 17.7 Å². The van der Waals surface area contributed by atoms with Gasteiger partial charge < -0.3 is 15.1 Å². The van der Waals surface area contributed by atoms with Crippen LogP contribution in [0.2, 0.25) is 5.02 Å². The molecule has 0 saturated carbocycles. The Morgan fingerprint density at radius 2 is 2.07 bits per heavy atom. The maximum absolute atomic E-state index is 12.0. The number of hydrogen-bond acceptors (Lipinski definition) is 5. The molecule has 0 radical (unpaired) electrons. The topological polar surface area (TPSA) is 96.3 Å². The first kappa shape index (κ1) is 18.9. The Morgan fingerprint density at radius 3 is 2.85 bits per heavy atom. The predicted octanol–water partition coefficient (Wildman–Crippen LogP) is 4.28.